The molecule has 1 unspecified atom stereocenters. The molecule has 2 aliphatic rings. The summed E-state index contributed by atoms with van der Waals surface area (Å²) in [6.07, 6.45) is 7.68. The van der Waals surface area contributed by atoms with Crippen molar-refractivity contribution in [2.24, 2.45) is 11.7 Å². The Balaban J connectivity index is 1.64. The zero-order chi connectivity index (χ0) is 19.7. The van der Waals surface area contributed by atoms with Crippen molar-refractivity contribution in [3.63, 3.8) is 0 Å². The number of carbonyl (C=O) groups excluding carboxylic acids is 1. The van der Waals surface area contributed by atoms with E-state index in [9.17, 15) is 13.6 Å². The fourth-order valence-electron chi connectivity index (χ4n) is 3.45. The Morgan fingerprint density at radius 2 is 1.89 bits per heavy atom. The van der Waals surface area contributed by atoms with E-state index in [-0.39, 0.29) is 22.1 Å². The van der Waals surface area contributed by atoms with Gasteiger partial charge in [0, 0.05) is 30.3 Å². The molecule has 0 radical (unpaired) electrons. The second kappa shape index (κ2) is 7.30. The van der Waals surface area contributed by atoms with Crippen LogP contribution in [0.1, 0.15) is 12.8 Å². The van der Waals surface area contributed by atoms with E-state index in [0.29, 0.717) is 18.8 Å². The van der Waals surface area contributed by atoms with Gasteiger partial charge in [-0.3, -0.25) is 0 Å². The Bertz CT molecular complexity index is 965. The molecule has 2 aromatic carbocycles. The molecule has 0 saturated heterocycles. The fraction of sp³-hybridized carbons (Fsp3) is 0.227. The van der Waals surface area contributed by atoms with E-state index in [1.54, 1.807) is 24.3 Å². The summed E-state index contributed by atoms with van der Waals surface area (Å²) in [5.41, 5.74) is 7.52. The zero-order valence-electron chi connectivity index (χ0n) is 15.3. The van der Waals surface area contributed by atoms with Crippen molar-refractivity contribution in [2.75, 3.05) is 13.1 Å². The highest BCUT2D eigenvalue weighted by Gasteiger charge is 2.47. The number of halogens is 2. The van der Waals surface area contributed by atoms with E-state index in [1.807, 2.05) is 18.4 Å². The van der Waals surface area contributed by atoms with Gasteiger partial charge in [-0.2, -0.15) is 4.48 Å². The predicted octanol–water partition coefficient (Wildman–Crippen LogP) is 4.41. The maximum Gasteiger partial charge on any atom is 0.326 e. The van der Waals surface area contributed by atoms with Crippen molar-refractivity contribution in [1.29, 1.82) is 0 Å². The van der Waals surface area contributed by atoms with Crippen LogP contribution in [0.15, 0.2) is 66.4 Å². The summed E-state index contributed by atoms with van der Waals surface area (Å²) in [5.74, 6) is -0.848. The number of rotatable bonds is 5. The molecule has 4 rings (SSSR count). The number of benzene rings is 2. The van der Waals surface area contributed by atoms with Crippen LogP contribution >= 0.6 is 0 Å². The lowest BCUT2D eigenvalue weighted by atomic mass is 10.1. The molecule has 2 aromatic rings. The molecule has 1 amide bonds. The first-order valence-corrected chi connectivity index (χ1v) is 9.26. The van der Waals surface area contributed by atoms with Crippen LogP contribution in [0.25, 0.3) is 0 Å². The van der Waals surface area contributed by atoms with Gasteiger partial charge in [0.1, 0.15) is 30.0 Å². The molecule has 6 heteroatoms. The molecule has 2 N–H and O–H groups in total. The molecular weight excluding hydrogens is 362 g/mol. The lowest BCUT2D eigenvalue weighted by Crippen LogP contribution is -2.52. The molecule has 1 saturated carbocycles. The number of quaternary nitrogens is 1. The molecule has 4 nitrogen and oxygen atoms in total. The van der Waals surface area contributed by atoms with Crippen LogP contribution in [0.3, 0.4) is 0 Å². The van der Waals surface area contributed by atoms with Crippen LogP contribution in [0, 0.1) is 17.6 Å². The van der Waals surface area contributed by atoms with Gasteiger partial charge in [0.15, 0.2) is 11.6 Å². The van der Waals surface area contributed by atoms with Crippen LogP contribution in [0.5, 0.6) is 11.5 Å². The Labute approximate surface area is 162 Å². The topological polar surface area (TPSA) is 52.3 Å². The summed E-state index contributed by atoms with van der Waals surface area (Å²) >= 11 is 0. The van der Waals surface area contributed by atoms with Gasteiger partial charge in [0.05, 0.1) is 5.92 Å². The van der Waals surface area contributed by atoms with Crippen molar-refractivity contribution in [3.05, 3.63) is 78.0 Å². The average Bonchev–Trinajstić information content (AvgIpc) is 3.55. The average molecular weight is 383 g/mol. The standard InChI is InChI=1S/C22H21F2N2O2/c23-17-5-10-21(20(24)12-17)28-19-8-6-18(7-9-19)26(22(27)16-3-4-16)11-1-2-15(13-25)14-26/h1-2,5-10,12,14,16H,3-4,11,13,25H2/q+1. The Morgan fingerprint density at radius 3 is 2.54 bits per heavy atom. The first-order valence-electron chi connectivity index (χ1n) is 9.26. The summed E-state index contributed by atoms with van der Waals surface area (Å²) in [7, 11) is 0. The summed E-state index contributed by atoms with van der Waals surface area (Å²) in [6.45, 7) is 0.894. The largest absolute Gasteiger partial charge is 0.454 e. The Morgan fingerprint density at radius 1 is 1.14 bits per heavy atom. The van der Waals surface area contributed by atoms with Gasteiger partial charge in [0.2, 0.25) is 0 Å². The van der Waals surface area contributed by atoms with E-state index < -0.39 is 11.6 Å². The molecule has 1 aliphatic heterocycles. The minimum absolute atomic E-state index is 0.0571. The van der Waals surface area contributed by atoms with Crippen LogP contribution in [0.2, 0.25) is 0 Å². The summed E-state index contributed by atoms with van der Waals surface area (Å²) < 4.78 is 32.5. The van der Waals surface area contributed by atoms with Gasteiger partial charge in [-0.15, -0.1) is 0 Å². The number of ether oxygens (including phenoxy) is 1. The second-order valence-electron chi connectivity index (χ2n) is 7.15. The van der Waals surface area contributed by atoms with Crippen LogP contribution in [-0.4, -0.2) is 19.0 Å². The number of nitrogens with two attached hydrogens (primary N) is 1. The second-order valence-corrected chi connectivity index (χ2v) is 7.15. The van der Waals surface area contributed by atoms with Gasteiger partial charge in [0.25, 0.3) is 0 Å². The highest BCUT2D eigenvalue weighted by atomic mass is 19.1. The lowest BCUT2D eigenvalue weighted by Gasteiger charge is -2.33. The third kappa shape index (κ3) is 3.48. The normalized spacial score (nSPS) is 21.3. The highest BCUT2D eigenvalue weighted by Crippen LogP contribution is 2.39. The van der Waals surface area contributed by atoms with Gasteiger partial charge in [-0.05, 0) is 43.2 Å². The molecule has 0 aromatic heterocycles. The minimum atomic E-state index is -0.770. The first-order chi connectivity index (χ1) is 13.5. The van der Waals surface area contributed by atoms with Gasteiger partial charge < -0.3 is 10.5 Å². The van der Waals surface area contributed by atoms with Crippen molar-refractivity contribution in [2.45, 2.75) is 12.8 Å². The molecule has 0 spiro atoms. The third-order valence-corrected chi connectivity index (χ3v) is 5.09. The molecular formula is C22H21F2N2O2+. The quantitative estimate of drug-likeness (QED) is 0.778. The van der Waals surface area contributed by atoms with E-state index in [4.69, 9.17) is 10.5 Å². The van der Waals surface area contributed by atoms with E-state index in [1.165, 1.54) is 6.07 Å². The maximum atomic E-state index is 13.8. The molecule has 1 fully saturated rings. The zero-order valence-corrected chi connectivity index (χ0v) is 15.3. The summed E-state index contributed by atoms with van der Waals surface area (Å²) in [5, 5.41) is 0. The molecule has 1 aliphatic carbocycles. The van der Waals surface area contributed by atoms with Crippen LogP contribution in [-0.2, 0) is 4.79 Å². The predicted molar refractivity (Wildman–Crippen MR) is 104 cm³/mol. The molecule has 0 bridgehead atoms. The molecule has 1 heterocycles. The number of hydrogen-bond donors (Lipinski definition) is 1. The summed E-state index contributed by atoms with van der Waals surface area (Å²) in [6, 6.07) is 10.1. The van der Waals surface area contributed by atoms with Gasteiger partial charge in [-0.25, -0.2) is 13.6 Å². The van der Waals surface area contributed by atoms with Crippen LogP contribution < -0.4 is 15.0 Å². The molecule has 144 valence electrons. The monoisotopic (exact) mass is 383 g/mol. The Hall–Kier alpha value is -2.83. The van der Waals surface area contributed by atoms with Crippen molar-refractivity contribution in [1.82, 2.24) is 4.48 Å². The van der Waals surface area contributed by atoms with Gasteiger partial charge >= 0.3 is 5.91 Å². The summed E-state index contributed by atoms with van der Waals surface area (Å²) in [4.78, 5) is 13.1. The SMILES string of the molecule is NCC1=C[N+](C(=O)C2CC2)(c2ccc(Oc3ccc(F)cc3F)cc2)CC=C1. The smallest absolute Gasteiger partial charge is 0.326 e. The van der Waals surface area contributed by atoms with E-state index >= 15 is 0 Å². The minimum Gasteiger partial charge on any atom is -0.454 e. The number of nitrogens with zero attached hydrogens (tertiary/aromatic N) is 1. The lowest BCUT2D eigenvalue weighted by molar-refractivity contribution is -0.129. The number of carbonyl (C=O) groups is 1. The van der Waals surface area contributed by atoms with Gasteiger partial charge in [-0.1, -0.05) is 6.08 Å². The van der Waals surface area contributed by atoms with Crippen molar-refractivity contribution < 1.29 is 18.3 Å². The number of hydrogen-bond acceptors (Lipinski definition) is 3. The maximum absolute atomic E-state index is 13.8. The van der Waals surface area contributed by atoms with E-state index in [0.717, 1.165) is 36.2 Å². The highest BCUT2D eigenvalue weighted by molar-refractivity contribution is 5.94. The first kappa shape index (κ1) is 18.5. The van der Waals surface area contributed by atoms with E-state index in [2.05, 4.69) is 0 Å². The molecule has 28 heavy (non-hydrogen) atoms. The molecule has 1 atom stereocenters. The Kier molecular flexibility index (Phi) is 4.83. The number of amides is 1. The van der Waals surface area contributed by atoms with Crippen molar-refractivity contribution in [3.8, 4) is 11.5 Å². The fourth-order valence-corrected chi connectivity index (χ4v) is 3.45. The third-order valence-electron chi connectivity index (χ3n) is 5.09. The van der Waals surface area contributed by atoms with Crippen LogP contribution in [0.4, 0.5) is 14.5 Å². The van der Waals surface area contributed by atoms with Crippen molar-refractivity contribution >= 4 is 11.6 Å².